The molecular weight excluding hydrogens is 489 g/mol. The number of carbonyl (C=O) groups is 2. The zero-order valence-electron chi connectivity index (χ0n) is 21.6. The van der Waals surface area contributed by atoms with Gasteiger partial charge in [-0.25, -0.2) is 14.0 Å². The van der Waals surface area contributed by atoms with E-state index in [0.717, 1.165) is 18.4 Å². The number of carboxylic acid groups (broad SMARTS) is 1. The third-order valence-electron chi connectivity index (χ3n) is 5.89. The number of ether oxygens (including phenoxy) is 3. The van der Waals surface area contributed by atoms with Crippen LogP contribution in [0, 0.1) is 5.82 Å². The molecule has 38 heavy (non-hydrogen) atoms. The van der Waals surface area contributed by atoms with E-state index in [-0.39, 0.29) is 25.5 Å². The molecule has 0 heterocycles. The molecule has 8 heteroatoms. The first-order chi connectivity index (χ1) is 18.4. The van der Waals surface area contributed by atoms with Crippen molar-refractivity contribution < 1.29 is 33.3 Å². The Kier molecular flexibility index (Phi) is 11.6. The third kappa shape index (κ3) is 9.86. The van der Waals surface area contributed by atoms with Gasteiger partial charge in [-0.05, 0) is 60.7 Å². The number of benzene rings is 3. The normalized spacial score (nSPS) is 11.5. The first kappa shape index (κ1) is 28.7. The van der Waals surface area contributed by atoms with Crippen molar-refractivity contribution in [2.45, 2.75) is 38.9 Å². The molecule has 1 unspecified atom stereocenters. The predicted molar refractivity (Wildman–Crippen MR) is 142 cm³/mol. The van der Waals surface area contributed by atoms with Crippen LogP contribution in [0.5, 0.6) is 5.75 Å². The highest BCUT2D eigenvalue weighted by Gasteiger charge is 2.18. The average Bonchev–Trinajstić information content (AvgIpc) is 2.93. The summed E-state index contributed by atoms with van der Waals surface area (Å²) in [4.78, 5) is 25.8. The van der Waals surface area contributed by atoms with E-state index in [4.69, 9.17) is 14.2 Å². The summed E-state index contributed by atoms with van der Waals surface area (Å²) in [6, 6.07) is 23.0. The summed E-state index contributed by atoms with van der Waals surface area (Å²) < 4.78 is 29.7. The molecule has 1 amide bonds. The smallest absolute Gasteiger partial charge is 0.410 e. The van der Waals surface area contributed by atoms with Crippen LogP contribution >= 0.6 is 0 Å². The van der Waals surface area contributed by atoms with Crippen LogP contribution < -0.4 is 4.74 Å². The number of halogens is 1. The first-order valence-electron chi connectivity index (χ1n) is 12.7. The molecule has 3 rings (SSSR count). The van der Waals surface area contributed by atoms with E-state index in [1.165, 1.54) is 17.7 Å². The maximum atomic E-state index is 13.2. The highest BCUT2D eigenvalue weighted by atomic mass is 19.1. The van der Waals surface area contributed by atoms with Crippen LogP contribution in [-0.2, 0) is 33.7 Å². The zero-order chi connectivity index (χ0) is 27.2. The van der Waals surface area contributed by atoms with Gasteiger partial charge in [-0.1, -0.05) is 54.6 Å². The van der Waals surface area contributed by atoms with E-state index < -0.39 is 18.2 Å². The van der Waals surface area contributed by atoms with Gasteiger partial charge in [0, 0.05) is 19.6 Å². The van der Waals surface area contributed by atoms with Crippen LogP contribution in [-0.4, -0.2) is 54.5 Å². The molecule has 0 fully saturated rings. The maximum Gasteiger partial charge on any atom is 0.410 e. The molecule has 0 bridgehead atoms. The van der Waals surface area contributed by atoms with Gasteiger partial charge in [0.25, 0.3) is 0 Å². The number of rotatable bonds is 15. The number of amides is 1. The summed E-state index contributed by atoms with van der Waals surface area (Å²) in [5.74, 6) is -0.726. The maximum absolute atomic E-state index is 13.2. The third-order valence-corrected chi connectivity index (χ3v) is 5.89. The molecule has 0 radical (unpaired) electrons. The lowest BCUT2D eigenvalue weighted by Gasteiger charge is -2.22. The van der Waals surface area contributed by atoms with Gasteiger partial charge in [-0.3, -0.25) is 0 Å². The van der Waals surface area contributed by atoms with E-state index in [9.17, 15) is 19.1 Å². The Labute approximate surface area is 222 Å². The number of hydrogen-bond acceptors (Lipinski definition) is 5. The standard InChI is InChI=1S/C30H34FNO6/c1-2-36-28(29(33)34)21-24-12-16-27(17-13-24)37-20-19-32(18-6-9-23-7-4-3-5-8-23)30(35)38-22-25-10-14-26(31)15-11-25/h3-5,7-8,10-17,28H,2,6,9,18-22H2,1H3,(H,33,34). The van der Waals surface area contributed by atoms with E-state index in [2.05, 4.69) is 12.1 Å². The molecule has 0 aromatic heterocycles. The van der Waals surface area contributed by atoms with Gasteiger partial charge < -0.3 is 24.2 Å². The second kappa shape index (κ2) is 15.4. The van der Waals surface area contributed by atoms with Crippen molar-refractivity contribution in [1.29, 1.82) is 0 Å². The monoisotopic (exact) mass is 523 g/mol. The second-order valence-corrected chi connectivity index (χ2v) is 8.74. The summed E-state index contributed by atoms with van der Waals surface area (Å²) in [5.41, 5.74) is 2.72. The number of hydrogen-bond donors (Lipinski definition) is 1. The summed E-state index contributed by atoms with van der Waals surface area (Å²) >= 11 is 0. The highest BCUT2D eigenvalue weighted by Crippen LogP contribution is 2.15. The molecule has 3 aromatic rings. The van der Waals surface area contributed by atoms with Crippen molar-refractivity contribution in [2.24, 2.45) is 0 Å². The number of aliphatic carboxylic acids is 1. The Hall–Kier alpha value is -3.91. The largest absolute Gasteiger partial charge is 0.492 e. The molecule has 3 aromatic carbocycles. The minimum Gasteiger partial charge on any atom is -0.492 e. The van der Waals surface area contributed by atoms with Crippen LogP contribution in [0.25, 0.3) is 0 Å². The molecular formula is C30H34FNO6. The number of nitrogens with zero attached hydrogens (tertiary/aromatic N) is 1. The molecule has 7 nitrogen and oxygen atoms in total. The Balaban J connectivity index is 1.53. The van der Waals surface area contributed by atoms with Crippen LogP contribution in [0.2, 0.25) is 0 Å². The summed E-state index contributed by atoms with van der Waals surface area (Å²) in [6.07, 6.45) is 0.492. The molecule has 0 aliphatic heterocycles. The average molecular weight is 524 g/mol. The lowest BCUT2D eigenvalue weighted by molar-refractivity contribution is -0.149. The summed E-state index contributed by atoms with van der Waals surface area (Å²) in [6.45, 7) is 3.21. The van der Waals surface area contributed by atoms with Crippen molar-refractivity contribution in [2.75, 3.05) is 26.3 Å². The fraction of sp³-hybridized carbons (Fsp3) is 0.333. The van der Waals surface area contributed by atoms with Gasteiger partial charge >= 0.3 is 12.1 Å². The van der Waals surface area contributed by atoms with Crippen molar-refractivity contribution in [3.63, 3.8) is 0 Å². The predicted octanol–water partition coefficient (Wildman–Crippen LogP) is 5.51. The van der Waals surface area contributed by atoms with Crippen molar-refractivity contribution in [3.8, 4) is 5.75 Å². The van der Waals surface area contributed by atoms with Crippen molar-refractivity contribution in [1.82, 2.24) is 4.90 Å². The Morgan fingerprint density at radius 2 is 1.58 bits per heavy atom. The fourth-order valence-electron chi connectivity index (χ4n) is 3.86. The van der Waals surface area contributed by atoms with Crippen LogP contribution in [0.3, 0.4) is 0 Å². The number of aryl methyl sites for hydroxylation is 1. The molecule has 0 saturated heterocycles. The van der Waals surface area contributed by atoms with Gasteiger partial charge in [-0.2, -0.15) is 0 Å². The SMILES string of the molecule is CCOC(Cc1ccc(OCCN(CCCc2ccccc2)C(=O)OCc2ccc(F)cc2)cc1)C(=O)O. The first-order valence-corrected chi connectivity index (χ1v) is 12.7. The Morgan fingerprint density at radius 3 is 2.24 bits per heavy atom. The van der Waals surface area contributed by atoms with Crippen molar-refractivity contribution >= 4 is 12.1 Å². The van der Waals surface area contributed by atoms with Crippen LogP contribution in [0.4, 0.5) is 9.18 Å². The summed E-state index contributed by atoms with van der Waals surface area (Å²) in [7, 11) is 0. The van der Waals surface area contributed by atoms with E-state index in [1.54, 1.807) is 48.2 Å². The quantitative estimate of drug-likeness (QED) is 0.283. The van der Waals surface area contributed by atoms with E-state index in [0.29, 0.717) is 31.0 Å². The fourth-order valence-corrected chi connectivity index (χ4v) is 3.86. The minimum atomic E-state index is -0.995. The molecule has 202 valence electrons. The zero-order valence-corrected chi connectivity index (χ0v) is 21.6. The van der Waals surface area contributed by atoms with E-state index in [1.807, 2.05) is 18.2 Å². The van der Waals surface area contributed by atoms with Crippen LogP contribution in [0.15, 0.2) is 78.9 Å². The van der Waals surface area contributed by atoms with Crippen LogP contribution in [0.1, 0.15) is 30.0 Å². The number of carbonyl (C=O) groups excluding carboxylic acids is 1. The van der Waals surface area contributed by atoms with Gasteiger partial charge in [0.15, 0.2) is 6.10 Å². The summed E-state index contributed by atoms with van der Waals surface area (Å²) in [5, 5.41) is 9.27. The molecule has 0 saturated carbocycles. The molecule has 0 spiro atoms. The van der Waals surface area contributed by atoms with E-state index >= 15 is 0 Å². The molecule has 1 atom stereocenters. The van der Waals surface area contributed by atoms with Gasteiger partial charge in [0.1, 0.15) is 24.8 Å². The topological polar surface area (TPSA) is 85.3 Å². The van der Waals surface area contributed by atoms with Gasteiger partial charge in [-0.15, -0.1) is 0 Å². The second-order valence-electron chi connectivity index (χ2n) is 8.74. The van der Waals surface area contributed by atoms with Gasteiger partial charge in [0.05, 0.1) is 6.54 Å². The molecule has 0 aliphatic carbocycles. The lowest BCUT2D eigenvalue weighted by atomic mass is 10.1. The van der Waals surface area contributed by atoms with Gasteiger partial charge in [0.2, 0.25) is 0 Å². The molecule has 1 N–H and O–H groups in total. The Bertz CT molecular complexity index is 1120. The van der Waals surface area contributed by atoms with Crippen molar-refractivity contribution in [3.05, 3.63) is 101 Å². The lowest BCUT2D eigenvalue weighted by Crippen LogP contribution is -2.36. The minimum absolute atomic E-state index is 0.0513. The highest BCUT2D eigenvalue weighted by molar-refractivity contribution is 5.72. The molecule has 0 aliphatic rings. The Morgan fingerprint density at radius 1 is 0.895 bits per heavy atom. The number of carboxylic acids is 1.